The molecular weight excluding hydrogens is 436 g/mol. The Hall–Kier alpha value is -3.39. The van der Waals surface area contributed by atoms with E-state index in [1.807, 2.05) is 31.2 Å². The molecule has 180 valence electrons. The van der Waals surface area contributed by atoms with Crippen LogP contribution < -0.4 is 5.32 Å². The highest BCUT2D eigenvalue weighted by molar-refractivity contribution is 5.80. The molecule has 0 bridgehead atoms. The summed E-state index contributed by atoms with van der Waals surface area (Å²) >= 11 is 0. The van der Waals surface area contributed by atoms with Gasteiger partial charge in [-0.25, -0.2) is 9.59 Å². The maximum atomic E-state index is 12.8. The molecule has 1 unspecified atom stereocenters. The molecule has 2 aromatic carbocycles. The zero-order chi connectivity index (χ0) is 24.1. The number of aliphatic carboxylic acids is 1. The second-order valence-corrected chi connectivity index (χ2v) is 8.70. The summed E-state index contributed by atoms with van der Waals surface area (Å²) in [6.45, 7) is 2.72. The number of hydrogen-bond acceptors (Lipinski definition) is 5. The van der Waals surface area contributed by atoms with Gasteiger partial charge >= 0.3 is 12.1 Å². The molecule has 0 saturated carbocycles. The second-order valence-electron chi connectivity index (χ2n) is 8.70. The molecule has 4 rings (SSSR count). The van der Waals surface area contributed by atoms with Crippen molar-refractivity contribution in [3.8, 4) is 11.1 Å². The summed E-state index contributed by atoms with van der Waals surface area (Å²) in [5, 5.41) is 12.0. The maximum absolute atomic E-state index is 12.8. The number of nitrogens with zero attached hydrogens (tertiary/aromatic N) is 1. The van der Waals surface area contributed by atoms with Crippen molar-refractivity contribution in [3.05, 3.63) is 59.7 Å². The fraction of sp³-hybridized carbons (Fsp3) is 0.423. The van der Waals surface area contributed by atoms with Gasteiger partial charge < -0.3 is 24.8 Å². The number of hydrogen-bond donors (Lipinski definition) is 2. The Bertz CT molecular complexity index is 1010. The summed E-state index contributed by atoms with van der Waals surface area (Å²) in [5.74, 6) is -1.32. The normalized spacial score (nSPS) is 18.0. The van der Waals surface area contributed by atoms with E-state index in [4.69, 9.17) is 14.6 Å². The highest BCUT2D eigenvalue weighted by atomic mass is 16.5. The Morgan fingerprint density at radius 3 is 2.38 bits per heavy atom. The number of morpholine rings is 1. The number of alkyl carbamates (subject to hydrolysis) is 1. The molecule has 2 N–H and O–H groups in total. The van der Waals surface area contributed by atoms with E-state index in [0.29, 0.717) is 13.0 Å². The van der Waals surface area contributed by atoms with Crippen LogP contribution in [-0.2, 0) is 19.1 Å². The number of ether oxygens (including phenoxy) is 2. The van der Waals surface area contributed by atoms with Crippen molar-refractivity contribution < 1.29 is 29.0 Å². The van der Waals surface area contributed by atoms with Crippen molar-refractivity contribution in [1.82, 2.24) is 10.2 Å². The summed E-state index contributed by atoms with van der Waals surface area (Å²) in [6.07, 6.45) is -0.0916. The number of carboxylic acids is 1. The van der Waals surface area contributed by atoms with Crippen molar-refractivity contribution in [2.24, 2.45) is 0 Å². The van der Waals surface area contributed by atoms with E-state index in [1.165, 1.54) is 4.90 Å². The molecule has 1 fully saturated rings. The van der Waals surface area contributed by atoms with Gasteiger partial charge in [0.25, 0.3) is 0 Å². The first-order chi connectivity index (χ1) is 16.5. The number of nitrogens with one attached hydrogen (secondary N) is 1. The number of amides is 2. The Morgan fingerprint density at radius 1 is 1.12 bits per heavy atom. The molecule has 2 aromatic rings. The topological polar surface area (TPSA) is 105 Å². The second kappa shape index (κ2) is 10.7. The van der Waals surface area contributed by atoms with E-state index in [0.717, 1.165) is 28.7 Å². The highest BCUT2D eigenvalue weighted by Crippen LogP contribution is 2.44. The maximum Gasteiger partial charge on any atom is 0.407 e. The van der Waals surface area contributed by atoms with Gasteiger partial charge in [0.05, 0.1) is 13.2 Å². The standard InChI is InChI=1S/C26H30N2O6/c1-2-7-17(14-24(29)28-12-13-33-23(15-28)25(30)31)27-26(32)34-16-22-20-10-5-3-8-18(20)19-9-4-6-11-21(19)22/h3-6,8-11,17,22-23H,2,7,12-16H2,1H3,(H,27,32)(H,30,31)/t17-,23?/m0/s1. The van der Waals surface area contributed by atoms with E-state index in [-0.39, 0.29) is 44.0 Å². The number of benzene rings is 2. The lowest BCUT2D eigenvalue weighted by molar-refractivity contribution is -0.159. The monoisotopic (exact) mass is 466 g/mol. The highest BCUT2D eigenvalue weighted by Gasteiger charge is 2.31. The molecule has 34 heavy (non-hydrogen) atoms. The Balaban J connectivity index is 1.35. The zero-order valence-electron chi connectivity index (χ0n) is 19.2. The van der Waals surface area contributed by atoms with Gasteiger partial charge in [0.2, 0.25) is 5.91 Å². The average Bonchev–Trinajstić information content (AvgIpc) is 3.16. The van der Waals surface area contributed by atoms with Crippen LogP contribution in [0.5, 0.6) is 0 Å². The fourth-order valence-corrected chi connectivity index (χ4v) is 4.75. The Morgan fingerprint density at radius 2 is 1.76 bits per heavy atom. The van der Waals surface area contributed by atoms with Gasteiger partial charge in [-0.05, 0) is 28.7 Å². The lowest BCUT2D eigenvalue weighted by Crippen LogP contribution is -2.50. The zero-order valence-corrected chi connectivity index (χ0v) is 19.2. The van der Waals surface area contributed by atoms with E-state index >= 15 is 0 Å². The van der Waals surface area contributed by atoms with Crippen LogP contribution in [0, 0.1) is 0 Å². The first-order valence-electron chi connectivity index (χ1n) is 11.7. The number of carboxylic acid groups (broad SMARTS) is 1. The van der Waals surface area contributed by atoms with Gasteiger partial charge in [-0.15, -0.1) is 0 Å². The van der Waals surface area contributed by atoms with Crippen LogP contribution >= 0.6 is 0 Å². The Kier molecular flexibility index (Phi) is 7.47. The van der Waals surface area contributed by atoms with Crippen molar-refractivity contribution in [2.75, 3.05) is 26.3 Å². The first kappa shape index (κ1) is 23.8. The van der Waals surface area contributed by atoms with Crippen molar-refractivity contribution in [3.63, 3.8) is 0 Å². The molecule has 0 aromatic heterocycles. The van der Waals surface area contributed by atoms with Crippen LogP contribution in [0.3, 0.4) is 0 Å². The van der Waals surface area contributed by atoms with Gasteiger partial charge in [-0.3, -0.25) is 4.79 Å². The van der Waals surface area contributed by atoms with Crippen LogP contribution in [0.15, 0.2) is 48.5 Å². The minimum absolute atomic E-state index is 0.0119. The van der Waals surface area contributed by atoms with E-state index in [2.05, 4.69) is 29.6 Å². The largest absolute Gasteiger partial charge is 0.479 e. The average molecular weight is 467 g/mol. The van der Waals surface area contributed by atoms with Crippen LogP contribution in [-0.4, -0.2) is 66.4 Å². The smallest absolute Gasteiger partial charge is 0.407 e. The summed E-state index contributed by atoms with van der Waals surface area (Å²) in [6, 6.07) is 15.9. The summed E-state index contributed by atoms with van der Waals surface area (Å²) in [7, 11) is 0. The predicted octanol–water partition coefficient (Wildman–Crippen LogP) is 3.40. The molecule has 1 heterocycles. The summed E-state index contributed by atoms with van der Waals surface area (Å²) < 4.78 is 10.8. The molecule has 1 aliphatic carbocycles. The number of rotatable bonds is 8. The van der Waals surface area contributed by atoms with Gasteiger partial charge in [0, 0.05) is 24.9 Å². The van der Waals surface area contributed by atoms with Crippen LogP contribution in [0.2, 0.25) is 0 Å². The van der Waals surface area contributed by atoms with Crippen molar-refractivity contribution >= 4 is 18.0 Å². The molecule has 2 atom stereocenters. The summed E-state index contributed by atoms with van der Waals surface area (Å²) in [4.78, 5) is 38.1. The van der Waals surface area contributed by atoms with Gasteiger partial charge in [0.1, 0.15) is 6.61 Å². The SMILES string of the molecule is CCC[C@@H](CC(=O)N1CCOC(C(=O)O)C1)NC(=O)OCC1c2ccccc2-c2ccccc21. The van der Waals surface area contributed by atoms with Gasteiger partial charge in [0.15, 0.2) is 6.10 Å². The molecule has 8 nitrogen and oxygen atoms in total. The van der Waals surface area contributed by atoms with E-state index in [9.17, 15) is 14.4 Å². The van der Waals surface area contributed by atoms with Crippen LogP contribution in [0.4, 0.5) is 4.79 Å². The third-order valence-electron chi connectivity index (χ3n) is 6.42. The molecule has 0 radical (unpaired) electrons. The molecule has 0 spiro atoms. The van der Waals surface area contributed by atoms with Crippen molar-refractivity contribution in [1.29, 1.82) is 0 Å². The molecular formula is C26H30N2O6. The Labute approximate surface area is 198 Å². The van der Waals surface area contributed by atoms with Crippen LogP contribution in [0.25, 0.3) is 11.1 Å². The number of carbonyl (C=O) groups excluding carboxylic acids is 2. The molecule has 8 heteroatoms. The van der Waals surface area contributed by atoms with Crippen LogP contribution in [0.1, 0.15) is 43.2 Å². The minimum atomic E-state index is -1.08. The third-order valence-corrected chi connectivity index (χ3v) is 6.42. The lowest BCUT2D eigenvalue weighted by atomic mass is 9.98. The predicted molar refractivity (Wildman–Crippen MR) is 125 cm³/mol. The molecule has 2 aliphatic rings. The van der Waals surface area contributed by atoms with Crippen molar-refractivity contribution in [2.45, 2.75) is 44.2 Å². The third kappa shape index (κ3) is 5.22. The lowest BCUT2D eigenvalue weighted by Gasteiger charge is -2.32. The van der Waals surface area contributed by atoms with Gasteiger partial charge in [-0.1, -0.05) is 61.9 Å². The first-order valence-corrected chi connectivity index (χ1v) is 11.7. The van der Waals surface area contributed by atoms with E-state index < -0.39 is 18.2 Å². The minimum Gasteiger partial charge on any atom is -0.479 e. The van der Waals surface area contributed by atoms with Gasteiger partial charge in [-0.2, -0.15) is 0 Å². The number of fused-ring (bicyclic) bond motifs is 3. The summed E-state index contributed by atoms with van der Waals surface area (Å²) in [5.41, 5.74) is 4.59. The molecule has 1 aliphatic heterocycles. The van der Waals surface area contributed by atoms with E-state index in [1.54, 1.807) is 0 Å². The fourth-order valence-electron chi connectivity index (χ4n) is 4.75. The number of carbonyl (C=O) groups is 3. The molecule has 1 saturated heterocycles. The quantitative estimate of drug-likeness (QED) is 0.618. The molecule has 2 amide bonds.